The van der Waals surface area contributed by atoms with Crippen LogP contribution in [0.3, 0.4) is 0 Å². The zero-order valence-corrected chi connectivity index (χ0v) is 11.8. The van der Waals surface area contributed by atoms with Gasteiger partial charge in [-0.2, -0.15) is 0 Å². The lowest BCUT2D eigenvalue weighted by atomic mass is 10.0. The second-order valence-corrected chi connectivity index (χ2v) is 5.40. The van der Waals surface area contributed by atoms with Gasteiger partial charge in [-0.25, -0.2) is 0 Å². The van der Waals surface area contributed by atoms with E-state index < -0.39 is 0 Å². The molecule has 0 spiro atoms. The van der Waals surface area contributed by atoms with Crippen molar-refractivity contribution in [2.45, 2.75) is 25.0 Å². The number of benzene rings is 1. The number of hydrogen-bond acceptors (Lipinski definition) is 4. The van der Waals surface area contributed by atoms with E-state index in [0.717, 1.165) is 5.56 Å². The van der Waals surface area contributed by atoms with Crippen molar-refractivity contribution in [2.24, 2.45) is 5.16 Å². The van der Waals surface area contributed by atoms with Crippen LogP contribution in [-0.2, 0) is 14.4 Å². The van der Waals surface area contributed by atoms with Gasteiger partial charge in [0.25, 0.3) is 5.91 Å². The quantitative estimate of drug-likeness (QED) is 0.896. The summed E-state index contributed by atoms with van der Waals surface area (Å²) in [5, 5.41) is 6.72. The number of nitrogens with zero attached hydrogens (tertiary/aromatic N) is 2. The van der Waals surface area contributed by atoms with Crippen molar-refractivity contribution in [3.05, 3.63) is 35.9 Å². The summed E-state index contributed by atoms with van der Waals surface area (Å²) >= 11 is 0. The van der Waals surface area contributed by atoms with E-state index >= 15 is 0 Å². The van der Waals surface area contributed by atoms with E-state index in [2.05, 4.69) is 10.5 Å². The van der Waals surface area contributed by atoms with Crippen molar-refractivity contribution in [3.63, 3.8) is 0 Å². The first-order valence-electron chi connectivity index (χ1n) is 6.96. The SMILES string of the molecule is CN1C[C@@H](NC(=O)C2=NO[C@H](c3ccccc3)C2)CC1=O. The number of amides is 2. The summed E-state index contributed by atoms with van der Waals surface area (Å²) in [7, 11) is 1.73. The maximum atomic E-state index is 12.1. The molecule has 2 atom stereocenters. The van der Waals surface area contributed by atoms with Crippen molar-refractivity contribution in [1.82, 2.24) is 10.2 Å². The van der Waals surface area contributed by atoms with Gasteiger partial charge in [-0.1, -0.05) is 35.5 Å². The van der Waals surface area contributed by atoms with E-state index in [1.807, 2.05) is 30.3 Å². The summed E-state index contributed by atoms with van der Waals surface area (Å²) in [6, 6.07) is 9.54. The molecule has 2 aliphatic rings. The van der Waals surface area contributed by atoms with Crippen LogP contribution >= 0.6 is 0 Å². The average Bonchev–Trinajstić information content (AvgIpc) is 3.08. The van der Waals surface area contributed by atoms with Crippen molar-refractivity contribution < 1.29 is 14.4 Å². The normalized spacial score (nSPS) is 24.7. The predicted octanol–water partition coefficient (Wildman–Crippen LogP) is 0.851. The molecule has 1 saturated heterocycles. The fourth-order valence-corrected chi connectivity index (χ4v) is 2.59. The van der Waals surface area contributed by atoms with E-state index in [1.54, 1.807) is 11.9 Å². The summed E-state index contributed by atoms with van der Waals surface area (Å²) in [4.78, 5) is 30.5. The van der Waals surface area contributed by atoms with Crippen LogP contribution in [-0.4, -0.2) is 42.1 Å². The van der Waals surface area contributed by atoms with Gasteiger partial charge < -0.3 is 15.1 Å². The lowest BCUT2D eigenvalue weighted by molar-refractivity contribution is -0.126. The topological polar surface area (TPSA) is 71.0 Å². The van der Waals surface area contributed by atoms with Crippen LogP contribution in [0.2, 0.25) is 0 Å². The third-order valence-electron chi connectivity index (χ3n) is 3.78. The Kier molecular flexibility index (Phi) is 3.60. The maximum absolute atomic E-state index is 12.1. The predicted molar refractivity (Wildman–Crippen MR) is 76.5 cm³/mol. The molecule has 1 N–H and O–H groups in total. The second kappa shape index (κ2) is 5.55. The molecule has 1 aromatic carbocycles. The Morgan fingerprint density at radius 3 is 2.76 bits per heavy atom. The van der Waals surface area contributed by atoms with Gasteiger partial charge in [0.05, 0.1) is 6.04 Å². The third kappa shape index (κ3) is 2.89. The Hall–Kier alpha value is -2.37. The monoisotopic (exact) mass is 287 g/mol. The molecule has 2 amide bonds. The molecule has 6 heteroatoms. The fourth-order valence-electron chi connectivity index (χ4n) is 2.59. The molecule has 0 radical (unpaired) electrons. The summed E-state index contributed by atoms with van der Waals surface area (Å²) < 4.78 is 0. The smallest absolute Gasteiger partial charge is 0.269 e. The average molecular weight is 287 g/mol. The number of likely N-dealkylation sites (N-methyl/N-ethyl adjacent to an activating group) is 1. The molecular weight excluding hydrogens is 270 g/mol. The first-order chi connectivity index (χ1) is 10.1. The van der Waals surface area contributed by atoms with E-state index in [0.29, 0.717) is 25.1 Å². The first-order valence-corrected chi connectivity index (χ1v) is 6.96. The van der Waals surface area contributed by atoms with Crippen LogP contribution in [0, 0.1) is 0 Å². The summed E-state index contributed by atoms with van der Waals surface area (Å²) in [5.74, 6) is -0.200. The lowest BCUT2D eigenvalue weighted by Gasteiger charge is -2.12. The number of nitrogens with one attached hydrogen (secondary N) is 1. The number of hydrogen-bond donors (Lipinski definition) is 1. The molecule has 110 valence electrons. The largest absolute Gasteiger partial charge is 0.387 e. The highest BCUT2D eigenvalue weighted by molar-refractivity contribution is 6.39. The molecule has 1 fully saturated rings. The van der Waals surface area contributed by atoms with Crippen LogP contribution in [0.1, 0.15) is 24.5 Å². The first kappa shape index (κ1) is 13.6. The van der Waals surface area contributed by atoms with Crippen molar-refractivity contribution in [2.75, 3.05) is 13.6 Å². The maximum Gasteiger partial charge on any atom is 0.269 e. The molecule has 0 aromatic heterocycles. The molecular formula is C15H17N3O3. The van der Waals surface area contributed by atoms with Crippen molar-refractivity contribution in [3.8, 4) is 0 Å². The number of oxime groups is 1. The van der Waals surface area contributed by atoms with Crippen LogP contribution in [0.4, 0.5) is 0 Å². The zero-order valence-electron chi connectivity index (χ0n) is 11.8. The Morgan fingerprint density at radius 1 is 1.33 bits per heavy atom. The Bertz CT molecular complexity index is 585. The molecule has 0 unspecified atom stereocenters. The number of likely N-dealkylation sites (tertiary alicyclic amines) is 1. The second-order valence-electron chi connectivity index (χ2n) is 5.40. The van der Waals surface area contributed by atoms with Gasteiger partial charge in [-0.3, -0.25) is 9.59 Å². The van der Waals surface area contributed by atoms with Gasteiger partial charge in [0.1, 0.15) is 5.71 Å². The van der Waals surface area contributed by atoms with Crippen LogP contribution in [0.15, 0.2) is 35.5 Å². The highest BCUT2D eigenvalue weighted by atomic mass is 16.6. The summed E-state index contributed by atoms with van der Waals surface area (Å²) in [5.41, 5.74) is 1.38. The van der Waals surface area contributed by atoms with Gasteiger partial charge in [0, 0.05) is 26.4 Å². The van der Waals surface area contributed by atoms with E-state index in [9.17, 15) is 9.59 Å². The van der Waals surface area contributed by atoms with Gasteiger partial charge >= 0.3 is 0 Å². The highest BCUT2D eigenvalue weighted by Crippen LogP contribution is 2.27. The zero-order chi connectivity index (χ0) is 14.8. The number of carbonyl (C=O) groups is 2. The summed E-state index contributed by atoms with van der Waals surface area (Å²) in [6.45, 7) is 0.542. The Balaban J connectivity index is 1.56. The van der Waals surface area contributed by atoms with Gasteiger partial charge in [0.15, 0.2) is 6.10 Å². The standard InChI is InChI=1S/C15H17N3O3/c1-18-9-11(7-14(18)19)16-15(20)12-8-13(21-17-12)10-5-3-2-4-6-10/h2-6,11,13H,7-9H2,1H3,(H,16,20)/t11-,13-/m0/s1. The molecule has 3 rings (SSSR count). The van der Waals surface area contributed by atoms with Crippen LogP contribution < -0.4 is 5.32 Å². The van der Waals surface area contributed by atoms with Gasteiger partial charge in [-0.05, 0) is 5.56 Å². The Labute approximate surface area is 122 Å². The lowest BCUT2D eigenvalue weighted by Crippen LogP contribution is -2.40. The molecule has 1 aromatic rings. The van der Waals surface area contributed by atoms with E-state index in [-0.39, 0.29) is 24.0 Å². The van der Waals surface area contributed by atoms with E-state index in [1.165, 1.54) is 0 Å². The molecule has 6 nitrogen and oxygen atoms in total. The van der Waals surface area contributed by atoms with Crippen molar-refractivity contribution >= 4 is 17.5 Å². The molecule has 0 saturated carbocycles. The van der Waals surface area contributed by atoms with Crippen LogP contribution in [0.5, 0.6) is 0 Å². The van der Waals surface area contributed by atoms with Gasteiger partial charge in [-0.15, -0.1) is 0 Å². The van der Waals surface area contributed by atoms with Crippen LogP contribution in [0.25, 0.3) is 0 Å². The van der Waals surface area contributed by atoms with Gasteiger partial charge in [0.2, 0.25) is 5.91 Å². The van der Waals surface area contributed by atoms with Crippen molar-refractivity contribution in [1.29, 1.82) is 0 Å². The minimum Gasteiger partial charge on any atom is -0.387 e. The minimum atomic E-state index is -0.249. The Morgan fingerprint density at radius 2 is 2.10 bits per heavy atom. The number of rotatable bonds is 3. The fraction of sp³-hybridized carbons (Fsp3) is 0.400. The van der Waals surface area contributed by atoms with E-state index in [4.69, 9.17) is 4.84 Å². The molecule has 2 aliphatic heterocycles. The molecule has 0 bridgehead atoms. The number of carbonyl (C=O) groups excluding carboxylic acids is 2. The summed E-state index contributed by atoms with van der Waals surface area (Å²) in [6.07, 6.45) is 0.588. The third-order valence-corrected chi connectivity index (χ3v) is 3.78. The highest BCUT2D eigenvalue weighted by Gasteiger charge is 2.32. The molecule has 2 heterocycles. The minimum absolute atomic E-state index is 0.0482. The molecule has 0 aliphatic carbocycles. The molecule has 21 heavy (non-hydrogen) atoms.